The van der Waals surface area contributed by atoms with Gasteiger partial charge in [0.25, 0.3) is 11.8 Å². The number of rotatable bonds is 11. The lowest BCUT2D eigenvalue weighted by atomic mass is 9.77. The van der Waals surface area contributed by atoms with Crippen molar-refractivity contribution in [2.24, 2.45) is 0 Å². The van der Waals surface area contributed by atoms with Crippen molar-refractivity contribution < 1.29 is 28.7 Å². The first kappa shape index (κ1) is 40.3. The highest BCUT2D eigenvalue weighted by Crippen LogP contribution is 2.42. The molecule has 1 aliphatic carbocycles. The summed E-state index contributed by atoms with van der Waals surface area (Å²) in [5.41, 5.74) is 5.73. The summed E-state index contributed by atoms with van der Waals surface area (Å²) in [6.45, 7) is 1.15. The van der Waals surface area contributed by atoms with Crippen LogP contribution < -0.4 is 10.6 Å². The summed E-state index contributed by atoms with van der Waals surface area (Å²) in [5, 5.41) is 5.46. The molecule has 4 atom stereocenters. The molecule has 0 spiro atoms. The van der Waals surface area contributed by atoms with E-state index in [4.69, 9.17) is 19.4 Å². The molecule has 4 amide bonds. The Bertz CT molecular complexity index is 2250. The van der Waals surface area contributed by atoms with Crippen molar-refractivity contribution in [3.63, 3.8) is 0 Å². The number of alkyl carbamates (subject to hydrolysis) is 2. The summed E-state index contributed by atoms with van der Waals surface area (Å²) in [4.78, 5) is 72.6. The van der Waals surface area contributed by atoms with Crippen LogP contribution in [0.3, 0.4) is 0 Å². The topological polar surface area (TPSA) is 175 Å². The molecule has 312 valence electrons. The van der Waals surface area contributed by atoms with E-state index < -0.39 is 24.3 Å². The first-order valence-corrected chi connectivity index (χ1v) is 20.9. The number of hydrogen-bond donors (Lipinski definition) is 4. The number of nitrogens with one attached hydrogen (secondary N) is 4. The van der Waals surface area contributed by atoms with Crippen LogP contribution in [0.2, 0.25) is 0 Å². The lowest BCUT2D eigenvalue weighted by Crippen LogP contribution is -2.42. The zero-order valence-electron chi connectivity index (χ0n) is 34.0. The minimum absolute atomic E-state index is 0.178. The molecule has 0 unspecified atom stereocenters. The van der Waals surface area contributed by atoms with Gasteiger partial charge in [0.2, 0.25) is 0 Å². The smallest absolute Gasteiger partial charge is 0.407 e. The summed E-state index contributed by atoms with van der Waals surface area (Å²) in [6.07, 6.45) is 9.87. The second kappa shape index (κ2) is 18.2. The maximum atomic E-state index is 13.9. The second-order valence-electron chi connectivity index (χ2n) is 15.9. The number of aromatic nitrogens is 4. The number of carbonyl (C=O) groups excluding carboxylic acids is 4. The van der Waals surface area contributed by atoms with Crippen LogP contribution in [-0.4, -0.2) is 81.0 Å². The van der Waals surface area contributed by atoms with Crippen LogP contribution in [0, 0.1) is 0 Å². The van der Waals surface area contributed by atoms with Gasteiger partial charge in [-0.05, 0) is 79.5 Å². The molecule has 60 heavy (non-hydrogen) atoms. The maximum Gasteiger partial charge on any atom is 0.407 e. The number of methoxy groups -OCH3 is 2. The normalized spacial score (nSPS) is 21.2. The van der Waals surface area contributed by atoms with Gasteiger partial charge in [-0.15, -0.1) is 0 Å². The van der Waals surface area contributed by atoms with E-state index in [1.54, 1.807) is 4.90 Å². The lowest BCUT2D eigenvalue weighted by molar-refractivity contribution is -0.135. The molecule has 0 radical (unpaired) electrons. The molecule has 0 bridgehead atoms. The molecule has 3 aliphatic rings. The van der Waals surface area contributed by atoms with Gasteiger partial charge in [0.15, 0.2) is 0 Å². The van der Waals surface area contributed by atoms with Crippen molar-refractivity contribution in [3.05, 3.63) is 131 Å². The number of benzene rings is 3. The summed E-state index contributed by atoms with van der Waals surface area (Å²) < 4.78 is 9.68. The summed E-state index contributed by atoms with van der Waals surface area (Å²) >= 11 is 0. The number of aromatic amines is 2. The molecule has 4 N–H and O–H groups in total. The van der Waals surface area contributed by atoms with Crippen molar-refractivity contribution in [2.75, 3.05) is 27.3 Å². The fraction of sp³-hybridized carbons (Fsp3) is 0.391. The van der Waals surface area contributed by atoms with E-state index in [9.17, 15) is 19.2 Å². The van der Waals surface area contributed by atoms with E-state index in [1.165, 1.54) is 19.8 Å². The van der Waals surface area contributed by atoms with Crippen LogP contribution in [0.5, 0.6) is 0 Å². The number of amides is 4. The Balaban J connectivity index is 0.878. The van der Waals surface area contributed by atoms with Gasteiger partial charge in [0.1, 0.15) is 23.7 Å². The number of hydrogen-bond acceptors (Lipinski definition) is 8. The molecule has 2 aromatic heterocycles. The molecule has 5 aromatic rings. The third kappa shape index (κ3) is 8.63. The summed E-state index contributed by atoms with van der Waals surface area (Å²) in [5.74, 6) is 1.95. The molecule has 3 fully saturated rings. The van der Waals surface area contributed by atoms with Gasteiger partial charge in [-0.3, -0.25) is 9.59 Å². The molecule has 14 heteroatoms. The molecule has 2 aliphatic heterocycles. The van der Waals surface area contributed by atoms with Gasteiger partial charge >= 0.3 is 12.2 Å². The molecular weight excluding hydrogens is 761 g/mol. The Kier molecular flexibility index (Phi) is 12.3. The van der Waals surface area contributed by atoms with Crippen LogP contribution >= 0.6 is 0 Å². The zero-order chi connectivity index (χ0) is 41.6. The maximum absolute atomic E-state index is 13.9. The monoisotopic (exact) mass is 812 g/mol. The first-order valence-electron chi connectivity index (χ1n) is 20.9. The minimum Gasteiger partial charge on any atom is -0.453 e. The van der Waals surface area contributed by atoms with Crippen molar-refractivity contribution in [2.45, 2.75) is 87.4 Å². The van der Waals surface area contributed by atoms with Gasteiger partial charge in [-0.25, -0.2) is 19.6 Å². The van der Waals surface area contributed by atoms with Crippen molar-refractivity contribution in [1.82, 2.24) is 40.4 Å². The highest BCUT2D eigenvalue weighted by Gasteiger charge is 2.39. The fourth-order valence-electron chi connectivity index (χ4n) is 9.23. The van der Waals surface area contributed by atoms with E-state index in [-0.39, 0.29) is 23.9 Å². The quantitative estimate of drug-likeness (QED) is 0.105. The fourth-order valence-corrected chi connectivity index (χ4v) is 9.23. The standard InChI is InChI=1S/C46H52N8O6/c1-59-45(57)51-39(33-11-5-3-6-12-33)43(55)53-25-9-15-37(53)41-47-27-35(49-41)31-21-17-29(18-22-31)30-19-23-32(24-20-30)36-28-48-42(50-36)38-16-10-26-54(38)44(56)40(52-46(58)60-2)34-13-7-4-8-14-34/h3-8,11-14,17-18,21-22,27-28,30,32,37-40H,9-10,15-16,19-20,23-26H2,1-2H3,(H,47,49)(H,48,50)(H,51,57)(H,52,58)/t30?,32?,37-,38-,39-,40-/m0/s1. The summed E-state index contributed by atoms with van der Waals surface area (Å²) in [7, 11) is 2.58. The molecule has 4 heterocycles. The SMILES string of the molecule is COC(=O)N[C@H](C(=O)N1CCC[C@H]1c1ncc(-c2ccc(C3CCC(c4cnc([C@@H]5CCCN5C(=O)[C@@H](NC(=O)OC)c5ccccc5)[nH]4)CC3)cc2)[nH]1)c1ccccc1. The predicted octanol–water partition coefficient (Wildman–Crippen LogP) is 7.76. The molecule has 8 rings (SSSR count). The van der Waals surface area contributed by atoms with Crippen LogP contribution in [0.4, 0.5) is 9.59 Å². The van der Waals surface area contributed by atoms with Crippen molar-refractivity contribution in [1.29, 1.82) is 0 Å². The average molecular weight is 813 g/mol. The first-order chi connectivity index (χ1) is 29.3. The van der Waals surface area contributed by atoms with E-state index in [1.807, 2.05) is 78.0 Å². The van der Waals surface area contributed by atoms with Gasteiger partial charge in [-0.2, -0.15) is 0 Å². The lowest BCUT2D eigenvalue weighted by Gasteiger charge is -2.29. The third-order valence-corrected chi connectivity index (χ3v) is 12.4. The van der Waals surface area contributed by atoms with Gasteiger partial charge in [0.05, 0.1) is 38.2 Å². The number of carbonyl (C=O) groups is 4. The average Bonchev–Trinajstić information content (AvgIpc) is 4.15. The van der Waals surface area contributed by atoms with E-state index >= 15 is 0 Å². The highest BCUT2D eigenvalue weighted by molar-refractivity contribution is 5.88. The largest absolute Gasteiger partial charge is 0.453 e. The van der Waals surface area contributed by atoms with Crippen LogP contribution in [0.15, 0.2) is 97.3 Å². The van der Waals surface area contributed by atoms with Crippen molar-refractivity contribution >= 4 is 24.0 Å². The highest BCUT2D eigenvalue weighted by atomic mass is 16.5. The molecule has 1 saturated carbocycles. The second-order valence-corrected chi connectivity index (χ2v) is 15.9. The predicted molar refractivity (Wildman–Crippen MR) is 223 cm³/mol. The van der Waals surface area contributed by atoms with Gasteiger partial charge in [0, 0.05) is 30.9 Å². The van der Waals surface area contributed by atoms with Gasteiger partial charge < -0.3 is 39.9 Å². The molecule has 14 nitrogen and oxygen atoms in total. The zero-order valence-corrected chi connectivity index (χ0v) is 34.0. The molecule has 3 aromatic carbocycles. The number of nitrogens with zero attached hydrogens (tertiary/aromatic N) is 4. The van der Waals surface area contributed by atoms with Crippen LogP contribution in [-0.2, 0) is 19.1 Å². The Morgan fingerprint density at radius 3 is 1.62 bits per heavy atom. The third-order valence-electron chi connectivity index (χ3n) is 12.4. The molecule has 2 saturated heterocycles. The van der Waals surface area contributed by atoms with Crippen LogP contribution in [0.25, 0.3) is 11.3 Å². The van der Waals surface area contributed by atoms with E-state index in [0.29, 0.717) is 36.1 Å². The Labute approximate surface area is 349 Å². The van der Waals surface area contributed by atoms with Gasteiger partial charge in [-0.1, -0.05) is 84.9 Å². The minimum atomic E-state index is -0.869. The number of ether oxygens (including phenoxy) is 2. The number of H-pyrrole nitrogens is 2. The van der Waals surface area contributed by atoms with E-state index in [0.717, 1.165) is 80.0 Å². The Morgan fingerprint density at radius 1 is 0.617 bits per heavy atom. The van der Waals surface area contributed by atoms with E-state index in [2.05, 4.69) is 44.9 Å². The van der Waals surface area contributed by atoms with Crippen LogP contribution in [0.1, 0.15) is 121 Å². The molecular formula is C46H52N8O6. The Hall–Kier alpha value is -6.44. The number of likely N-dealkylation sites (tertiary alicyclic amines) is 2. The Morgan fingerprint density at radius 2 is 1.10 bits per heavy atom. The number of imidazole rings is 2. The summed E-state index contributed by atoms with van der Waals surface area (Å²) in [6, 6.07) is 25.0. The van der Waals surface area contributed by atoms with Crippen molar-refractivity contribution in [3.8, 4) is 11.3 Å².